The Morgan fingerprint density at radius 2 is 1.79 bits per heavy atom. The predicted octanol–water partition coefficient (Wildman–Crippen LogP) is 1.83. The number of rotatable bonds is 5. The topological polar surface area (TPSA) is 98.8 Å². The van der Waals surface area contributed by atoms with Crippen LogP contribution < -0.4 is 10.0 Å². The van der Waals surface area contributed by atoms with Crippen LogP contribution in [0.3, 0.4) is 0 Å². The van der Waals surface area contributed by atoms with Crippen molar-refractivity contribution >= 4 is 44.2 Å². The molecular weight excluding hydrogens is 476 g/mol. The normalized spacial score (nSPS) is 26.2. The van der Waals surface area contributed by atoms with E-state index in [9.17, 15) is 18.0 Å². The van der Waals surface area contributed by atoms with E-state index in [4.69, 9.17) is 11.6 Å². The number of nitrogens with zero attached hydrogens (tertiary/aromatic N) is 2. The van der Waals surface area contributed by atoms with E-state index in [-0.39, 0.29) is 16.7 Å². The lowest BCUT2D eigenvalue weighted by Gasteiger charge is -2.43. The summed E-state index contributed by atoms with van der Waals surface area (Å²) in [5, 5.41) is 5.57. The van der Waals surface area contributed by atoms with Gasteiger partial charge in [0.1, 0.15) is 12.1 Å². The van der Waals surface area contributed by atoms with Gasteiger partial charge in [0.2, 0.25) is 21.8 Å². The standard InChI is InChI=1S/C24H29ClN4O4S/c1-15(23(30)28-13-16-8-17(14-28)12-26-11-16)29-7-6-22(24(29)31)27-34(32,33)21-5-3-18-9-20(25)4-2-19(18)10-21/h2-5,9-10,15-17,22,26-27H,6-8,11-14H2,1H3/t15-,16?,17?,22-/m0/s1. The van der Waals surface area contributed by atoms with E-state index in [1.54, 1.807) is 37.3 Å². The fourth-order valence-electron chi connectivity index (χ4n) is 5.50. The van der Waals surface area contributed by atoms with Crippen molar-refractivity contribution in [1.82, 2.24) is 19.8 Å². The molecule has 2 bridgehead atoms. The Morgan fingerprint density at radius 3 is 2.53 bits per heavy atom. The average Bonchev–Trinajstić information content (AvgIpc) is 3.16. The molecule has 10 heteroatoms. The molecule has 4 atom stereocenters. The van der Waals surface area contributed by atoms with E-state index in [0.717, 1.165) is 30.3 Å². The van der Waals surface area contributed by atoms with E-state index >= 15 is 0 Å². The third kappa shape index (κ3) is 4.54. The summed E-state index contributed by atoms with van der Waals surface area (Å²) in [7, 11) is -3.91. The fraction of sp³-hybridized carbons (Fsp3) is 0.500. The molecule has 3 heterocycles. The Bertz CT molecular complexity index is 1220. The first-order chi connectivity index (χ1) is 16.2. The molecule has 0 radical (unpaired) electrons. The van der Waals surface area contributed by atoms with Crippen molar-refractivity contribution < 1.29 is 18.0 Å². The molecular formula is C24H29ClN4O4S. The van der Waals surface area contributed by atoms with E-state index in [1.807, 2.05) is 4.90 Å². The largest absolute Gasteiger partial charge is 0.340 e. The first-order valence-electron chi connectivity index (χ1n) is 11.7. The molecule has 34 heavy (non-hydrogen) atoms. The third-order valence-corrected chi connectivity index (χ3v) is 8.95. The molecule has 0 saturated carbocycles. The zero-order valence-corrected chi connectivity index (χ0v) is 20.6. The van der Waals surface area contributed by atoms with Gasteiger partial charge in [0, 0.05) is 24.7 Å². The summed E-state index contributed by atoms with van der Waals surface area (Å²) in [5.41, 5.74) is 0. The second kappa shape index (κ2) is 9.11. The van der Waals surface area contributed by atoms with E-state index in [0.29, 0.717) is 42.9 Å². The summed E-state index contributed by atoms with van der Waals surface area (Å²) in [6.07, 6.45) is 1.47. The van der Waals surface area contributed by atoms with Crippen LogP contribution in [0.5, 0.6) is 0 Å². The minimum absolute atomic E-state index is 0.0540. The molecule has 3 fully saturated rings. The highest BCUT2D eigenvalue weighted by Gasteiger charge is 2.41. The van der Waals surface area contributed by atoms with Gasteiger partial charge in [-0.3, -0.25) is 9.59 Å². The lowest BCUT2D eigenvalue weighted by atomic mass is 9.85. The van der Waals surface area contributed by atoms with Crippen LogP contribution >= 0.6 is 11.6 Å². The van der Waals surface area contributed by atoms with E-state index in [2.05, 4.69) is 10.0 Å². The molecule has 0 aliphatic carbocycles. The van der Waals surface area contributed by atoms with Gasteiger partial charge in [0.05, 0.1) is 4.90 Å². The fourth-order valence-corrected chi connectivity index (χ4v) is 6.94. The van der Waals surface area contributed by atoms with Crippen molar-refractivity contribution in [3.8, 4) is 0 Å². The predicted molar refractivity (Wildman–Crippen MR) is 130 cm³/mol. The number of hydrogen-bond acceptors (Lipinski definition) is 5. The van der Waals surface area contributed by atoms with Crippen LogP contribution in [0.1, 0.15) is 19.8 Å². The maximum Gasteiger partial charge on any atom is 0.245 e. The van der Waals surface area contributed by atoms with Crippen molar-refractivity contribution in [2.45, 2.75) is 36.7 Å². The molecule has 2 unspecified atom stereocenters. The van der Waals surface area contributed by atoms with E-state index in [1.165, 1.54) is 11.0 Å². The maximum atomic E-state index is 13.2. The Morgan fingerprint density at radius 1 is 1.12 bits per heavy atom. The zero-order valence-electron chi connectivity index (χ0n) is 19.0. The number of halogens is 1. The summed E-state index contributed by atoms with van der Waals surface area (Å²) < 4.78 is 28.6. The molecule has 182 valence electrons. The van der Waals surface area contributed by atoms with Crippen molar-refractivity contribution in [2.75, 3.05) is 32.7 Å². The van der Waals surface area contributed by atoms with E-state index < -0.39 is 22.1 Å². The van der Waals surface area contributed by atoms with Crippen LogP contribution in [0.15, 0.2) is 41.3 Å². The van der Waals surface area contributed by atoms with Crippen LogP contribution in [-0.2, 0) is 19.6 Å². The molecule has 2 amide bonds. The Labute approximate surface area is 204 Å². The van der Waals surface area contributed by atoms with Gasteiger partial charge in [-0.05, 0) is 79.7 Å². The van der Waals surface area contributed by atoms with Crippen LogP contribution in [-0.4, -0.2) is 74.8 Å². The monoisotopic (exact) mass is 504 g/mol. The number of sulfonamides is 1. The van der Waals surface area contributed by atoms with Gasteiger partial charge in [-0.25, -0.2) is 8.42 Å². The average molecular weight is 505 g/mol. The number of amides is 2. The number of benzene rings is 2. The van der Waals surface area contributed by atoms with Crippen molar-refractivity contribution in [1.29, 1.82) is 0 Å². The highest BCUT2D eigenvalue weighted by molar-refractivity contribution is 7.89. The Hall–Kier alpha value is -2.20. The summed E-state index contributed by atoms with van der Waals surface area (Å²) in [4.78, 5) is 29.8. The molecule has 2 aromatic rings. The SMILES string of the molecule is C[C@@H](C(=O)N1CC2CNCC(C2)C1)N1CC[C@H](NS(=O)(=O)c2ccc3cc(Cl)ccc3c2)C1=O. The van der Waals surface area contributed by atoms with Gasteiger partial charge in [0.15, 0.2) is 0 Å². The van der Waals surface area contributed by atoms with Crippen LogP contribution in [0.2, 0.25) is 5.02 Å². The van der Waals surface area contributed by atoms with Gasteiger partial charge in [-0.1, -0.05) is 23.7 Å². The molecule has 3 aliphatic rings. The van der Waals surface area contributed by atoms with Gasteiger partial charge in [-0.15, -0.1) is 0 Å². The number of hydrogen-bond donors (Lipinski definition) is 2. The molecule has 2 aromatic carbocycles. The summed E-state index contributed by atoms with van der Waals surface area (Å²) in [5.74, 6) is 0.503. The smallest absolute Gasteiger partial charge is 0.245 e. The zero-order chi connectivity index (χ0) is 24.0. The van der Waals surface area contributed by atoms with Crippen LogP contribution in [0.4, 0.5) is 0 Å². The van der Waals surface area contributed by atoms with Crippen molar-refractivity contribution in [3.63, 3.8) is 0 Å². The quantitative estimate of drug-likeness (QED) is 0.647. The minimum atomic E-state index is -3.91. The molecule has 5 rings (SSSR count). The van der Waals surface area contributed by atoms with Crippen LogP contribution in [0, 0.1) is 11.8 Å². The molecule has 3 saturated heterocycles. The van der Waals surface area contributed by atoms with Crippen LogP contribution in [0.25, 0.3) is 10.8 Å². The first kappa shape index (κ1) is 23.5. The van der Waals surface area contributed by atoms with Gasteiger partial charge >= 0.3 is 0 Å². The second-order valence-electron chi connectivity index (χ2n) is 9.69. The summed E-state index contributed by atoms with van der Waals surface area (Å²) in [6.45, 7) is 5.34. The molecule has 8 nitrogen and oxygen atoms in total. The highest BCUT2D eigenvalue weighted by Crippen LogP contribution is 2.27. The van der Waals surface area contributed by atoms with Gasteiger partial charge in [-0.2, -0.15) is 4.72 Å². The third-order valence-electron chi connectivity index (χ3n) is 7.25. The number of likely N-dealkylation sites (tertiary alicyclic amines) is 2. The molecule has 0 spiro atoms. The number of carbonyl (C=O) groups is 2. The Balaban J connectivity index is 1.26. The maximum absolute atomic E-state index is 13.2. The first-order valence-corrected chi connectivity index (χ1v) is 13.6. The number of nitrogens with one attached hydrogen (secondary N) is 2. The number of carbonyl (C=O) groups excluding carboxylic acids is 2. The molecule has 2 N–H and O–H groups in total. The van der Waals surface area contributed by atoms with Crippen molar-refractivity contribution in [2.24, 2.45) is 11.8 Å². The second-order valence-corrected chi connectivity index (χ2v) is 11.8. The lowest BCUT2D eigenvalue weighted by molar-refractivity contribution is -0.145. The number of piperidine rings is 2. The summed E-state index contributed by atoms with van der Waals surface area (Å²) >= 11 is 6.01. The lowest BCUT2D eigenvalue weighted by Crippen LogP contribution is -2.57. The van der Waals surface area contributed by atoms with Gasteiger partial charge < -0.3 is 15.1 Å². The summed E-state index contributed by atoms with van der Waals surface area (Å²) in [6, 6.07) is 8.51. The minimum Gasteiger partial charge on any atom is -0.340 e. The highest BCUT2D eigenvalue weighted by atomic mass is 35.5. The Kier molecular flexibility index (Phi) is 6.31. The number of fused-ring (bicyclic) bond motifs is 3. The van der Waals surface area contributed by atoms with Crippen molar-refractivity contribution in [3.05, 3.63) is 41.4 Å². The molecule has 3 aliphatic heterocycles. The van der Waals surface area contributed by atoms with Gasteiger partial charge in [0.25, 0.3) is 0 Å². The molecule has 0 aromatic heterocycles.